The Morgan fingerprint density at radius 3 is 2.89 bits per heavy atom. The number of nitrogens with two attached hydrogens (primary N) is 1. The van der Waals surface area contributed by atoms with Crippen LogP contribution in [-0.2, 0) is 0 Å². The summed E-state index contributed by atoms with van der Waals surface area (Å²) in [6.07, 6.45) is 4.31. The first-order valence-electron chi connectivity index (χ1n) is 6.31. The number of benzene rings is 1. The lowest BCUT2D eigenvalue weighted by molar-refractivity contribution is 0.831. The number of pyridine rings is 1. The zero-order valence-corrected chi connectivity index (χ0v) is 11.9. The molecule has 3 rings (SSSR count). The van der Waals surface area contributed by atoms with Gasteiger partial charge in [-0.3, -0.25) is 4.98 Å². The first kappa shape index (κ1) is 11.8. The third-order valence-electron chi connectivity index (χ3n) is 3.45. The van der Waals surface area contributed by atoms with E-state index in [1.165, 1.54) is 12.8 Å². The van der Waals surface area contributed by atoms with Gasteiger partial charge in [0.1, 0.15) is 0 Å². The predicted octanol–water partition coefficient (Wildman–Crippen LogP) is 3.57. The Balaban J connectivity index is 2.24. The van der Waals surface area contributed by atoms with Crippen LogP contribution in [0.25, 0.3) is 10.9 Å². The Labute approximate surface area is 115 Å². The van der Waals surface area contributed by atoms with Crippen LogP contribution in [0.5, 0.6) is 0 Å². The van der Waals surface area contributed by atoms with Gasteiger partial charge in [-0.25, -0.2) is 0 Å². The summed E-state index contributed by atoms with van der Waals surface area (Å²) < 4.78 is 1.07. The molecule has 0 spiro atoms. The molecule has 3 nitrogen and oxygen atoms in total. The van der Waals surface area contributed by atoms with Gasteiger partial charge in [-0.05, 0) is 38.0 Å². The van der Waals surface area contributed by atoms with Gasteiger partial charge in [-0.2, -0.15) is 0 Å². The summed E-state index contributed by atoms with van der Waals surface area (Å²) in [6, 6.07) is 6.81. The van der Waals surface area contributed by atoms with Crippen molar-refractivity contribution in [2.24, 2.45) is 0 Å². The molecule has 1 aromatic heterocycles. The molecule has 2 N–H and O–H groups in total. The van der Waals surface area contributed by atoms with Crippen LogP contribution >= 0.6 is 15.9 Å². The van der Waals surface area contributed by atoms with Crippen molar-refractivity contribution < 1.29 is 0 Å². The highest BCUT2D eigenvalue weighted by molar-refractivity contribution is 9.10. The van der Waals surface area contributed by atoms with Crippen molar-refractivity contribution in [3.05, 3.63) is 28.9 Å². The van der Waals surface area contributed by atoms with E-state index in [2.05, 4.69) is 38.8 Å². The van der Waals surface area contributed by atoms with E-state index in [4.69, 9.17) is 5.73 Å². The zero-order chi connectivity index (χ0) is 12.7. The molecule has 0 aliphatic heterocycles. The van der Waals surface area contributed by atoms with E-state index < -0.39 is 0 Å². The van der Waals surface area contributed by atoms with Crippen LogP contribution in [0.4, 0.5) is 11.4 Å². The largest absolute Gasteiger partial charge is 0.396 e. The molecule has 1 aliphatic carbocycles. The van der Waals surface area contributed by atoms with Crippen LogP contribution in [0.2, 0.25) is 0 Å². The predicted molar refractivity (Wildman–Crippen MR) is 79.9 cm³/mol. The van der Waals surface area contributed by atoms with Gasteiger partial charge in [-0.1, -0.05) is 15.9 Å². The zero-order valence-electron chi connectivity index (χ0n) is 10.4. The number of aromatic nitrogens is 1. The molecule has 4 heteroatoms. The Morgan fingerprint density at radius 1 is 1.44 bits per heavy atom. The molecule has 0 bridgehead atoms. The maximum Gasteiger partial charge on any atom is 0.0745 e. The average Bonchev–Trinajstić information content (AvgIpc) is 3.17. The molecule has 0 saturated heterocycles. The third-order valence-corrected chi connectivity index (χ3v) is 3.94. The third kappa shape index (κ3) is 1.94. The van der Waals surface area contributed by atoms with Crippen LogP contribution in [0.1, 0.15) is 19.8 Å². The van der Waals surface area contributed by atoms with E-state index in [0.29, 0.717) is 6.04 Å². The molecule has 0 unspecified atom stereocenters. The first-order valence-corrected chi connectivity index (χ1v) is 7.10. The highest BCUT2D eigenvalue weighted by Gasteiger charge is 2.30. The number of anilines is 2. The van der Waals surface area contributed by atoms with Gasteiger partial charge in [0, 0.05) is 22.4 Å². The van der Waals surface area contributed by atoms with E-state index >= 15 is 0 Å². The summed E-state index contributed by atoms with van der Waals surface area (Å²) in [4.78, 5) is 6.81. The molecule has 1 saturated carbocycles. The minimum atomic E-state index is 0.655. The lowest BCUT2D eigenvalue weighted by atomic mass is 10.1. The SMILES string of the molecule is CCN(c1c(N)cnc2ccc(Br)cc12)C1CC1. The van der Waals surface area contributed by atoms with Crippen molar-refractivity contribution in [2.75, 3.05) is 17.2 Å². The van der Waals surface area contributed by atoms with Gasteiger partial charge in [-0.15, -0.1) is 0 Å². The standard InChI is InChI=1S/C14H16BrN3/c1-2-18(10-4-5-10)14-11-7-9(15)3-6-13(11)17-8-12(14)16/h3,6-8,10H,2,4-5,16H2,1H3. The molecule has 1 heterocycles. The van der Waals surface area contributed by atoms with E-state index in [1.54, 1.807) is 6.20 Å². The van der Waals surface area contributed by atoms with Crippen molar-refractivity contribution >= 4 is 38.2 Å². The highest BCUT2D eigenvalue weighted by atomic mass is 79.9. The number of nitrogens with zero attached hydrogens (tertiary/aromatic N) is 2. The van der Waals surface area contributed by atoms with Crippen LogP contribution < -0.4 is 10.6 Å². The van der Waals surface area contributed by atoms with E-state index in [9.17, 15) is 0 Å². The number of fused-ring (bicyclic) bond motifs is 1. The number of rotatable bonds is 3. The Bertz CT molecular complexity index is 588. The van der Waals surface area contributed by atoms with Gasteiger partial charge in [0.2, 0.25) is 0 Å². The molecular weight excluding hydrogens is 290 g/mol. The van der Waals surface area contributed by atoms with E-state index in [0.717, 1.165) is 33.3 Å². The van der Waals surface area contributed by atoms with Crippen molar-refractivity contribution in [1.82, 2.24) is 4.98 Å². The molecule has 0 amide bonds. The molecule has 0 radical (unpaired) electrons. The normalized spacial score (nSPS) is 15.0. The van der Waals surface area contributed by atoms with Gasteiger partial charge in [0.15, 0.2) is 0 Å². The highest BCUT2D eigenvalue weighted by Crippen LogP contribution is 2.39. The molecule has 18 heavy (non-hydrogen) atoms. The molecule has 94 valence electrons. The first-order chi connectivity index (χ1) is 8.70. The molecule has 1 aliphatic rings. The molecule has 2 aromatic rings. The Hall–Kier alpha value is -1.29. The van der Waals surface area contributed by atoms with Crippen molar-refractivity contribution in [3.8, 4) is 0 Å². The fourth-order valence-corrected chi connectivity index (χ4v) is 2.83. The second kappa shape index (κ2) is 4.43. The summed E-state index contributed by atoms with van der Waals surface area (Å²) in [5.41, 5.74) is 9.08. The fourth-order valence-electron chi connectivity index (χ4n) is 2.47. The van der Waals surface area contributed by atoms with Gasteiger partial charge >= 0.3 is 0 Å². The second-order valence-electron chi connectivity index (χ2n) is 4.74. The van der Waals surface area contributed by atoms with Crippen LogP contribution in [0, 0.1) is 0 Å². The van der Waals surface area contributed by atoms with Crippen molar-refractivity contribution in [3.63, 3.8) is 0 Å². The monoisotopic (exact) mass is 305 g/mol. The number of hydrogen-bond donors (Lipinski definition) is 1. The topological polar surface area (TPSA) is 42.1 Å². The average molecular weight is 306 g/mol. The maximum absolute atomic E-state index is 6.16. The minimum Gasteiger partial charge on any atom is -0.396 e. The van der Waals surface area contributed by atoms with Crippen molar-refractivity contribution in [2.45, 2.75) is 25.8 Å². The van der Waals surface area contributed by atoms with Crippen LogP contribution in [0.3, 0.4) is 0 Å². The summed E-state index contributed by atoms with van der Waals surface area (Å²) in [5, 5.41) is 1.14. The second-order valence-corrected chi connectivity index (χ2v) is 5.66. The molecule has 1 fully saturated rings. The smallest absolute Gasteiger partial charge is 0.0745 e. The van der Waals surface area contributed by atoms with Gasteiger partial charge < -0.3 is 10.6 Å². The maximum atomic E-state index is 6.16. The summed E-state index contributed by atoms with van der Waals surface area (Å²) in [6.45, 7) is 3.17. The summed E-state index contributed by atoms with van der Waals surface area (Å²) >= 11 is 3.53. The lowest BCUT2D eigenvalue weighted by Crippen LogP contribution is -2.26. The van der Waals surface area contributed by atoms with E-state index in [1.807, 2.05) is 12.1 Å². The van der Waals surface area contributed by atoms with E-state index in [-0.39, 0.29) is 0 Å². The number of nitrogen functional groups attached to an aromatic ring is 1. The summed E-state index contributed by atoms with van der Waals surface area (Å²) in [5.74, 6) is 0. The van der Waals surface area contributed by atoms with Crippen molar-refractivity contribution in [1.29, 1.82) is 0 Å². The Morgan fingerprint density at radius 2 is 2.22 bits per heavy atom. The Kier molecular flexibility index (Phi) is 2.90. The van der Waals surface area contributed by atoms with Gasteiger partial charge in [0.05, 0.1) is 23.1 Å². The molecular formula is C14H16BrN3. The minimum absolute atomic E-state index is 0.655. The summed E-state index contributed by atoms with van der Waals surface area (Å²) in [7, 11) is 0. The van der Waals surface area contributed by atoms with Crippen LogP contribution in [-0.4, -0.2) is 17.6 Å². The van der Waals surface area contributed by atoms with Crippen LogP contribution in [0.15, 0.2) is 28.9 Å². The molecule has 1 aromatic carbocycles. The number of halogens is 1. The quantitative estimate of drug-likeness (QED) is 0.942. The van der Waals surface area contributed by atoms with Gasteiger partial charge in [0.25, 0.3) is 0 Å². The number of hydrogen-bond acceptors (Lipinski definition) is 3. The molecule has 0 atom stereocenters. The lowest BCUT2D eigenvalue weighted by Gasteiger charge is -2.25. The fraction of sp³-hybridized carbons (Fsp3) is 0.357.